The topological polar surface area (TPSA) is 92.9 Å². The summed E-state index contributed by atoms with van der Waals surface area (Å²) in [6.45, 7) is 2.63. The number of nitrogens with zero attached hydrogens (tertiary/aromatic N) is 2. The van der Waals surface area contributed by atoms with Crippen molar-refractivity contribution in [2.24, 2.45) is 0 Å². The maximum Gasteiger partial charge on any atom is 0.242 e. The Morgan fingerprint density at radius 3 is 3.19 bits per heavy atom. The fraction of sp³-hybridized carbons (Fsp3) is 0.500. The Bertz CT molecular complexity index is 406. The second-order valence-corrected chi connectivity index (χ2v) is 3.89. The molecular formula is C10H15N5O. The fourth-order valence-corrected chi connectivity index (χ4v) is 1.68. The molecule has 1 aliphatic heterocycles. The Kier molecular flexibility index (Phi) is 2.89. The highest BCUT2D eigenvalue weighted by atomic mass is 16.2. The average Bonchev–Trinajstić information content (AvgIpc) is 2.27. The molecule has 0 aliphatic carbocycles. The Labute approximate surface area is 93.7 Å². The molecule has 1 aromatic heterocycles. The van der Waals surface area contributed by atoms with Crippen LogP contribution in [0.15, 0.2) is 6.20 Å². The summed E-state index contributed by atoms with van der Waals surface area (Å²) in [7, 11) is 0. The number of piperidine rings is 1. The van der Waals surface area contributed by atoms with E-state index < -0.39 is 0 Å². The zero-order chi connectivity index (χ0) is 11.5. The molecule has 6 heteroatoms. The van der Waals surface area contributed by atoms with E-state index >= 15 is 0 Å². The summed E-state index contributed by atoms with van der Waals surface area (Å²) in [4.78, 5) is 19.5. The van der Waals surface area contributed by atoms with E-state index in [1.807, 2.05) is 6.92 Å². The number of rotatable bonds is 2. The lowest BCUT2D eigenvalue weighted by Gasteiger charge is -2.23. The maximum absolute atomic E-state index is 11.5. The van der Waals surface area contributed by atoms with Crippen molar-refractivity contribution in [1.82, 2.24) is 15.3 Å². The largest absolute Gasteiger partial charge is 0.368 e. The van der Waals surface area contributed by atoms with Gasteiger partial charge in [-0.3, -0.25) is 4.79 Å². The Balaban J connectivity index is 2.13. The first-order chi connectivity index (χ1) is 7.66. The van der Waals surface area contributed by atoms with Crippen LogP contribution < -0.4 is 16.4 Å². The van der Waals surface area contributed by atoms with Crippen LogP contribution in [0.2, 0.25) is 0 Å². The van der Waals surface area contributed by atoms with Crippen LogP contribution in [0.5, 0.6) is 0 Å². The summed E-state index contributed by atoms with van der Waals surface area (Å²) >= 11 is 0. The van der Waals surface area contributed by atoms with Gasteiger partial charge in [0.2, 0.25) is 11.9 Å². The molecule has 2 rings (SSSR count). The second-order valence-electron chi connectivity index (χ2n) is 3.89. The first-order valence-corrected chi connectivity index (χ1v) is 5.30. The number of hydrogen-bond acceptors (Lipinski definition) is 5. The molecule has 1 aromatic rings. The van der Waals surface area contributed by atoms with E-state index in [2.05, 4.69) is 20.6 Å². The van der Waals surface area contributed by atoms with Crippen LogP contribution in [0.3, 0.4) is 0 Å². The first kappa shape index (κ1) is 10.7. The molecule has 0 bridgehead atoms. The molecule has 1 unspecified atom stereocenters. The van der Waals surface area contributed by atoms with E-state index in [0.29, 0.717) is 5.82 Å². The predicted molar refractivity (Wildman–Crippen MR) is 60.8 cm³/mol. The van der Waals surface area contributed by atoms with Crippen molar-refractivity contribution in [3.05, 3.63) is 11.8 Å². The smallest absolute Gasteiger partial charge is 0.242 e. The molecule has 6 nitrogen and oxygen atoms in total. The van der Waals surface area contributed by atoms with Crippen LogP contribution in [0.4, 0.5) is 11.8 Å². The van der Waals surface area contributed by atoms with Gasteiger partial charge in [0.1, 0.15) is 11.9 Å². The molecule has 1 fully saturated rings. The third-order valence-corrected chi connectivity index (χ3v) is 2.59. The van der Waals surface area contributed by atoms with Gasteiger partial charge in [0, 0.05) is 18.3 Å². The van der Waals surface area contributed by atoms with Gasteiger partial charge in [-0.25, -0.2) is 4.98 Å². The molecule has 0 spiro atoms. The summed E-state index contributed by atoms with van der Waals surface area (Å²) < 4.78 is 0. The standard InChI is InChI=1S/C10H15N5O/c1-6-5-13-10(11)15-8(6)14-7-3-2-4-12-9(7)16/h5,7H,2-4H2,1H3,(H,12,16)(H3,11,13,14,15). The number of aromatic nitrogens is 2. The van der Waals surface area contributed by atoms with Crippen molar-refractivity contribution in [3.8, 4) is 0 Å². The van der Waals surface area contributed by atoms with Crippen LogP contribution in [-0.4, -0.2) is 28.5 Å². The van der Waals surface area contributed by atoms with Crippen molar-refractivity contribution < 1.29 is 4.79 Å². The Morgan fingerprint density at radius 2 is 2.44 bits per heavy atom. The lowest BCUT2D eigenvalue weighted by molar-refractivity contribution is -0.123. The maximum atomic E-state index is 11.5. The molecule has 86 valence electrons. The van der Waals surface area contributed by atoms with Gasteiger partial charge in [0.15, 0.2) is 0 Å². The zero-order valence-corrected chi connectivity index (χ0v) is 9.16. The van der Waals surface area contributed by atoms with E-state index in [0.717, 1.165) is 24.9 Å². The van der Waals surface area contributed by atoms with Crippen LogP contribution >= 0.6 is 0 Å². The van der Waals surface area contributed by atoms with Crippen LogP contribution in [0.25, 0.3) is 0 Å². The number of nitrogen functional groups attached to an aromatic ring is 1. The molecule has 0 radical (unpaired) electrons. The molecule has 16 heavy (non-hydrogen) atoms. The SMILES string of the molecule is Cc1cnc(N)nc1NC1CCCNC1=O. The number of anilines is 2. The van der Waals surface area contributed by atoms with Gasteiger partial charge < -0.3 is 16.4 Å². The molecule has 2 heterocycles. The van der Waals surface area contributed by atoms with Crippen molar-refractivity contribution in [2.45, 2.75) is 25.8 Å². The highest BCUT2D eigenvalue weighted by Crippen LogP contribution is 2.15. The van der Waals surface area contributed by atoms with Crippen molar-refractivity contribution >= 4 is 17.7 Å². The minimum absolute atomic E-state index is 0.0165. The molecule has 0 saturated carbocycles. The number of nitrogens with two attached hydrogens (primary N) is 1. The third kappa shape index (κ3) is 2.21. The average molecular weight is 221 g/mol. The van der Waals surface area contributed by atoms with Crippen LogP contribution in [-0.2, 0) is 4.79 Å². The van der Waals surface area contributed by atoms with Gasteiger partial charge in [-0.2, -0.15) is 4.98 Å². The number of hydrogen-bond donors (Lipinski definition) is 3. The van der Waals surface area contributed by atoms with E-state index in [9.17, 15) is 4.79 Å². The molecule has 4 N–H and O–H groups in total. The van der Waals surface area contributed by atoms with Gasteiger partial charge in [-0.15, -0.1) is 0 Å². The Hall–Kier alpha value is -1.85. The van der Waals surface area contributed by atoms with E-state index in [4.69, 9.17) is 5.73 Å². The molecule has 1 saturated heterocycles. The lowest BCUT2D eigenvalue weighted by Crippen LogP contribution is -2.44. The number of carbonyl (C=O) groups is 1. The van der Waals surface area contributed by atoms with E-state index in [1.165, 1.54) is 0 Å². The number of carbonyl (C=O) groups excluding carboxylic acids is 1. The van der Waals surface area contributed by atoms with Gasteiger partial charge in [-0.05, 0) is 19.8 Å². The monoisotopic (exact) mass is 221 g/mol. The summed E-state index contributed by atoms with van der Waals surface area (Å²) in [5.41, 5.74) is 6.39. The van der Waals surface area contributed by atoms with Gasteiger partial charge >= 0.3 is 0 Å². The second kappa shape index (κ2) is 4.34. The minimum atomic E-state index is -0.221. The summed E-state index contributed by atoms with van der Waals surface area (Å²) in [5, 5.41) is 5.91. The van der Waals surface area contributed by atoms with Crippen molar-refractivity contribution in [1.29, 1.82) is 0 Å². The normalized spacial score (nSPS) is 20.3. The van der Waals surface area contributed by atoms with Gasteiger partial charge in [0.05, 0.1) is 0 Å². The van der Waals surface area contributed by atoms with Gasteiger partial charge in [0.25, 0.3) is 0 Å². The minimum Gasteiger partial charge on any atom is -0.368 e. The summed E-state index contributed by atoms with van der Waals surface area (Å²) in [6, 6.07) is -0.221. The Morgan fingerprint density at radius 1 is 1.62 bits per heavy atom. The van der Waals surface area contributed by atoms with E-state index in [-0.39, 0.29) is 17.9 Å². The molecule has 0 aromatic carbocycles. The molecular weight excluding hydrogens is 206 g/mol. The molecule has 1 amide bonds. The summed E-state index contributed by atoms with van der Waals surface area (Å²) in [5.74, 6) is 0.863. The third-order valence-electron chi connectivity index (χ3n) is 2.59. The first-order valence-electron chi connectivity index (χ1n) is 5.30. The quantitative estimate of drug-likeness (QED) is 0.656. The predicted octanol–water partition coefficient (Wildman–Crippen LogP) is 0.0577. The fourth-order valence-electron chi connectivity index (χ4n) is 1.68. The highest BCUT2D eigenvalue weighted by molar-refractivity contribution is 5.85. The molecule has 1 aliphatic rings. The summed E-state index contributed by atoms with van der Waals surface area (Å²) in [6.07, 6.45) is 3.43. The van der Waals surface area contributed by atoms with Crippen molar-refractivity contribution in [2.75, 3.05) is 17.6 Å². The molecule has 1 atom stereocenters. The van der Waals surface area contributed by atoms with E-state index in [1.54, 1.807) is 6.20 Å². The van der Waals surface area contributed by atoms with Crippen LogP contribution in [0.1, 0.15) is 18.4 Å². The number of aryl methyl sites for hydroxylation is 1. The lowest BCUT2D eigenvalue weighted by atomic mass is 10.1. The number of amides is 1. The zero-order valence-electron chi connectivity index (χ0n) is 9.16. The van der Waals surface area contributed by atoms with Crippen LogP contribution in [0, 0.1) is 6.92 Å². The number of nitrogens with one attached hydrogen (secondary N) is 2. The van der Waals surface area contributed by atoms with Gasteiger partial charge in [-0.1, -0.05) is 0 Å². The highest BCUT2D eigenvalue weighted by Gasteiger charge is 2.22. The van der Waals surface area contributed by atoms with Crippen molar-refractivity contribution in [3.63, 3.8) is 0 Å².